The van der Waals surface area contributed by atoms with Gasteiger partial charge in [0.15, 0.2) is 0 Å². The number of rotatable bonds is 8. The normalized spacial score (nSPS) is 11.0. The summed E-state index contributed by atoms with van der Waals surface area (Å²) in [5.74, 6) is -0.387. The zero-order valence-corrected chi connectivity index (χ0v) is 15.2. The highest BCUT2D eigenvalue weighted by Crippen LogP contribution is 2.20. The summed E-state index contributed by atoms with van der Waals surface area (Å²) in [7, 11) is 0. The number of halogens is 1. The highest BCUT2D eigenvalue weighted by Gasteiger charge is 2.10. The van der Waals surface area contributed by atoms with Crippen LogP contribution in [0.2, 0.25) is 0 Å². The second kappa shape index (κ2) is 8.76. The number of nitrogens with one attached hydrogen (secondary N) is 1. The smallest absolute Gasteiger partial charge is 0.268 e. The number of benzene rings is 2. The van der Waals surface area contributed by atoms with Crippen LogP contribution in [0.1, 0.15) is 36.0 Å². The number of amides is 1. The van der Waals surface area contributed by atoms with Gasteiger partial charge in [0.1, 0.15) is 5.82 Å². The quantitative estimate of drug-likeness (QED) is 0.603. The van der Waals surface area contributed by atoms with Crippen LogP contribution in [-0.2, 0) is 6.54 Å². The average molecular weight is 372 g/mol. The molecule has 6 heteroatoms. The molecule has 1 N–H and O–H groups in total. The van der Waals surface area contributed by atoms with Crippen LogP contribution in [0, 0.1) is 5.82 Å². The topological polar surface area (TPSA) is 51.1 Å². The molecule has 26 heavy (non-hydrogen) atoms. The van der Waals surface area contributed by atoms with Crippen LogP contribution in [0.15, 0.2) is 53.3 Å². The van der Waals surface area contributed by atoms with Crippen molar-refractivity contribution in [3.8, 4) is 0 Å². The van der Waals surface area contributed by atoms with Crippen molar-refractivity contribution in [3.63, 3.8) is 0 Å². The Morgan fingerprint density at radius 1 is 1.00 bits per heavy atom. The SMILES string of the molecule is O=C(NCCCCCCn1sc2c(F)cccc2c1=O)c1ccccc1. The molecule has 3 rings (SSSR count). The van der Waals surface area contributed by atoms with Crippen LogP contribution in [0.5, 0.6) is 0 Å². The number of aromatic nitrogens is 1. The monoisotopic (exact) mass is 372 g/mol. The summed E-state index contributed by atoms with van der Waals surface area (Å²) >= 11 is 1.19. The van der Waals surface area contributed by atoms with Crippen LogP contribution in [0.25, 0.3) is 10.1 Å². The number of unbranched alkanes of at least 4 members (excludes halogenated alkanes) is 3. The van der Waals surface area contributed by atoms with Crippen LogP contribution in [-0.4, -0.2) is 16.4 Å². The summed E-state index contributed by atoms with van der Waals surface area (Å²) in [5.41, 5.74) is 0.559. The van der Waals surface area contributed by atoms with Crippen molar-refractivity contribution in [1.29, 1.82) is 0 Å². The third-order valence-corrected chi connectivity index (χ3v) is 5.40. The maximum atomic E-state index is 13.7. The molecule has 4 nitrogen and oxygen atoms in total. The molecule has 0 spiro atoms. The van der Waals surface area contributed by atoms with Gasteiger partial charge in [0.05, 0.1) is 10.1 Å². The summed E-state index contributed by atoms with van der Waals surface area (Å²) in [6.45, 7) is 1.25. The first-order valence-corrected chi connectivity index (χ1v) is 9.56. The Hall–Kier alpha value is -2.47. The summed E-state index contributed by atoms with van der Waals surface area (Å²) in [4.78, 5) is 24.1. The van der Waals surface area contributed by atoms with Gasteiger partial charge in [-0.05, 0) is 37.1 Å². The van der Waals surface area contributed by atoms with E-state index in [0.29, 0.717) is 28.7 Å². The first-order valence-electron chi connectivity index (χ1n) is 8.78. The van der Waals surface area contributed by atoms with Gasteiger partial charge in [0.25, 0.3) is 11.5 Å². The molecule has 0 aliphatic rings. The Morgan fingerprint density at radius 3 is 2.54 bits per heavy atom. The second-order valence-electron chi connectivity index (χ2n) is 6.15. The van der Waals surface area contributed by atoms with Gasteiger partial charge in [-0.25, -0.2) is 4.39 Å². The fourth-order valence-electron chi connectivity index (χ4n) is 2.83. The highest BCUT2D eigenvalue weighted by molar-refractivity contribution is 7.13. The third kappa shape index (κ3) is 4.38. The van der Waals surface area contributed by atoms with E-state index in [1.807, 2.05) is 18.2 Å². The molecular weight excluding hydrogens is 351 g/mol. The number of nitrogens with zero attached hydrogens (tertiary/aromatic N) is 1. The zero-order chi connectivity index (χ0) is 18.4. The van der Waals surface area contributed by atoms with E-state index < -0.39 is 0 Å². The van der Waals surface area contributed by atoms with Gasteiger partial charge in [-0.15, -0.1) is 0 Å². The van der Waals surface area contributed by atoms with Crippen LogP contribution < -0.4 is 10.9 Å². The van der Waals surface area contributed by atoms with E-state index in [0.717, 1.165) is 25.7 Å². The number of hydrogen-bond acceptors (Lipinski definition) is 3. The second-order valence-corrected chi connectivity index (χ2v) is 7.18. The molecule has 136 valence electrons. The summed E-state index contributed by atoms with van der Waals surface area (Å²) in [6, 6.07) is 13.8. The number of hydrogen-bond donors (Lipinski definition) is 1. The molecule has 0 saturated heterocycles. The predicted molar refractivity (Wildman–Crippen MR) is 103 cm³/mol. The van der Waals surface area contributed by atoms with E-state index in [2.05, 4.69) is 5.32 Å². The Balaban J connectivity index is 1.37. The van der Waals surface area contributed by atoms with E-state index in [1.54, 1.807) is 28.2 Å². The van der Waals surface area contributed by atoms with Gasteiger partial charge in [0.2, 0.25) is 0 Å². The number of fused-ring (bicyclic) bond motifs is 1. The fraction of sp³-hybridized carbons (Fsp3) is 0.300. The van der Waals surface area contributed by atoms with E-state index in [9.17, 15) is 14.0 Å². The summed E-state index contributed by atoms with van der Waals surface area (Å²) in [6.07, 6.45) is 3.70. The van der Waals surface area contributed by atoms with Gasteiger partial charge in [-0.1, -0.05) is 48.6 Å². The molecule has 0 radical (unpaired) electrons. The molecule has 2 aromatic carbocycles. The standard InChI is InChI=1S/C20H21FN2O2S/c21-17-12-8-11-16-18(17)26-23(20(16)25)14-7-2-1-6-13-22-19(24)15-9-4-3-5-10-15/h3-5,8-12H,1-2,6-7,13-14H2,(H,22,24). The van der Waals surface area contributed by atoms with E-state index in [-0.39, 0.29) is 17.3 Å². The Bertz CT molecular complexity index is 934. The lowest BCUT2D eigenvalue weighted by Crippen LogP contribution is -2.24. The maximum absolute atomic E-state index is 13.7. The number of carbonyl (C=O) groups is 1. The molecule has 0 bridgehead atoms. The van der Waals surface area contributed by atoms with Gasteiger partial charge < -0.3 is 5.32 Å². The number of carbonyl (C=O) groups excluding carboxylic acids is 1. The molecule has 1 heterocycles. The lowest BCUT2D eigenvalue weighted by atomic mass is 10.2. The molecule has 1 amide bonds. The summed E-state index contributed by atoms with van der Waals surface area (Å²) < 4.78 is 15.8. The lowest BCUT2D eigenvalue weighted by Gasteiger charge is -2.05. The van der Waals surface area contributed by atoms with Crippen LogP contribution in [0.4, 0.5) is 4.39 Å². The van der Waals surface area contributed by atoms with Crippen LogP contribution >= 0.6 is 11.5 Å². The minimum atomic E-state index is -0.336. The Morgan fingerprint density at radius 2 is 1.77 bits per heavy atom. The Kier molecular flexibility index (Phi) is 6.17. The van der Waals surface area contributed by atoms with Gasteiger partial charge in [-0.2, -0.15) is 0 Å². The first-order chi connectivity index (χ1) is 12.7. The lowest BCUT2D eigenvalue weighted by molar-refractivity contribution is 0.0953. The largest absolute Gasteiger partial charge is 0.352 e. The van der Waals surface area contributed by atoms with Crippen molar-refractivity contribution in [2.75, 3.05) is 6.54 Å². The van der Waals surface area contributed by atoms with Crippen molar-refractivity contribution in [2.24, 2.45) is 0 Å². The molecule has 0 fully saturated rings. The third-order valence-electron chi connectivity index (χ3n) is 4.23. The minimum absolute atomic E-state index is 0.0514. The molecule has 0 atom stereocenters. The molecule has 0 aliphatic carbocycles. The van der Waals surface area contributed by atoms with Gasteiger partial charge in [0, 0.05) is 18.7 Å². The number of aryl methyl sites for hydroxylation is 1. The molecule has 1 aromatic heterocycles. The van der Waals surface area contributed by atoms with E-state index in [4.69, 9.17) is 0 Å². The van der Waals surface area contributed by atoms with E-state index in [1.165, 1.54) is 17.6 Å². The first kappa shape index (κ1) is 18.3. The molecule has 0 saturated carbocycles. The van der Waals surface area contributed by atoms with Crippen molar-refractivity contribution in [1.82, 2.24) is 9.27 Å². The van der Waals surface area contributed by atoms with Crippen molar-refractivity contribution < 1.29 is 9.18 Å². The molecule has 0 aliphatic heterocycles. The van der Waals surface area contributed by atoms with Crippen molar-refractivity contribution in [3.05, 3.63) is 70.3 Å². The van der Waals surface area contributed by atoms with Crippen molar-refractivity contribution in [2.45, 2.75) is 32.2 Å². The minimum Gasteiger partial charge on any atom is -0.352 e. The fourth-order valence-corrected chi connectivity index (χ4v) is 3.86. The average Bonchev–Trinajstić information content (AvgIpc) is 2.99. The maximum Gasteiger partial charge on any atom is 0.268 e. The van der Waals surface area contributed by atoms with Gasteiger partial charge >= 0.3 is 0 Å². The van der Waals surface area contributed by atoms with Gasteiger partial charge in [-0.3, -0.25) is 13.5 Å². The van der Waals surface area contributed by atoms with E-state index >= 15 is 0 Å². The van der Waals surface area contributed by atoms with Crippen LogP contribution in [0.3, 0.4) is 0 Å². The zero-order valence-electron chi connectivity index (χ0n) is 14.4. The summed E-state index contributed by atoms with van der Waals surface area (Å²) in [5, 5.41) is 3.36. The van der Waals surface area contributed by atoms with Crippen molar-refractivity contribution >= 4 is 27.5 Å². The molecule has 3 aromatic rings. The predicted octanol–water partition coefficient (Wildman–Crippen LogP) is 4.19. The highest BCUT2D eigenvalue weighted by atomic mass is 32.1. The molecule has 0 unspecified atom stereocenters. The Labute approximate surface area is 155 Å². The molecular formula is C20H21FN2O2S.